The molecule has 2 saturated heterocycles. The van der Waals surface area contributed by atoms with Gasteiger partial charge in [-0.3, -0.25) is 9.59 Å². The fraction of sp³-hybridized carbons (Fsp3) is 0.667. The predicted octanol–water partition coefficient (Wildman–Crippen LogP) is 3.32. The maximum Gasteiger partial charge on any atom is 0.260 e. The van der Waals surface area contributed by atoms with Gasteiger partial charge in [-0.2, -0.15) is 0 Å². The summed E-state index contributed by atoms with van der Waals surface area (Å²) in [6.07, 6.45) is 5.83. The van der Waals surface area contributed by atoms with Gasteiger partial charge in [-0.15, -0.1) is 0 Å². The maximum absolute atomic E-state index is 12.6. The van der Waals surface area contributed by atoms with Gasteiger partial charge in [0.1, 0.15) is 5.75 Å². The maximum atomic E-state index is 12.6. The zero-order chi connectivity index (χ0) is 21.5. The number of likely N-dealkylation sites (tertiary alicyclic amines) is 2. The van der Waals surface area contributed by atoms with Crippen LogP contribution in [0.1, 0.15) is 63.2 Å². The summed E-state index contributed by atoms with van der Waals surface area (Å²) in [6.45, 7) is 10.3. The van der Waals surface area contributed by atoms with E-state index in [1.165, 1.54) is 19.3 Å². The monoisotopic (exact) mass is 415 g/mol. The second-order valence-corrected chi connectivity index (χ2v) is 9.05. The van der Waals surface area contributed by atoms with E-state index in [9.17, 15) is 9.59 Å². The third kappa shape index (κ3) is 6.21. The third-order valence-corrected chi connectivity index (χ3v) is 6.42. The Morgan fingerprint density at radius 2 is 1.73 bits per heavy atom. The van der Waals surface area contributed by atoms with Crippen molar-refractivity contribution in [3.63, 3.8) is 0 Å². The fourth-order valence-corrected chi connectivity index (χ4v) is 4.75. The van der Waals surface area contributed by atoms with Crippen molar-refractivity contribution < 1.29 is 14.3 Å². The molecule has 166 valence electrons. The van der Waals surface area contributed by atoms with Crippen molar-refractivity contribution in [2.75, 3.05) is 32.8 Å². The Morgan fingerprint density at radius 3 is 2.40 bits per heavy atom. The molecule has 2 heterocycles. The van der Waals surface area contributed by atoms with Gasteiger partial charge in [0.15, 0.2) is 6.61 Å². The second-order valence-electron chi connectivity index (χ2n) is 9.05. The van der Waals surface area contributed by atoms with Crippen molar-refractivity contribution in [1.29, 1.82) is 0 Å². The number of nitrogens with one attached hydrogen (secondary N) is 1. The molecule has 2 aliphatic heterocycles. The number of hydrogen-bond acceptors (Lipinski definition) is 4. The van der Waals surface area contributed by atoms with E-state index in [1.807, 2.05) is 4.90 Å². The molecule has 1 aromatic carbocycles. The fourth-order valence-electron chi connectivity index (χ4n) is 4.75. The normalized spacial score (nSPS) is 25.0. The summed E-state index contributed by atoms with van der Waals surface area (Å²) < 4.78 is 5.69. The highest BCUT2D eigenvalue weighted by Crippen LogP contribution is 2.23. The summed E-state index contributed by atoms with van der Waals surface area (Å²) in [5, 5.41) is 3.00. The zero-order valence-electron chi connectivity index (χ0n) is 18.7. The number of piperidine rings is 2. The molecule has 0 aliphatic carbocycles. The van der Waals surface area contributed by atoms with Crippen LogP contribution in [0.5, 0.6) is 5.75 Å². The molecule has 6 nitrogen and oxygen atoms in total. The first-order valence-electron chi connectivity index (χ1n) is 11.5. The summed E-state index contributed by atoms with van der Waals surface area (Å²) in [5.41, 5.74) is 0.610. The number of hydrogen-bond donors (Lipinski definition) is 1. The van der Waals surface area contributed by atoms with E-state index in [-0.39, 0.29) is 30.5 Å². The van der Waals surface area contributed by atoms with E-state index in [2.05, 4.69) is 31.0 Å². The highest BCUT2D eigenvalue weighted by atomic mass is 16.5. The first-order valence-corrected chi connectivity index (χ1v) is 11.5. The topological polar surface area (TPSA) is 61.9 Å². The van der Waals surface area contributed by atoms with Crippen LogP contribution < -0.4 is 10.1 Å². The van der Waals surface area contributed by atoms with Crippen LogP contribution in [-0.2, 0) is 4.79 Å². The molecule has 3 rings (SSSR count). The van der Waals surface area contributed by atoms with Crippen molar-refractivity contribution in [2.24, 2.45) is 5.92 Å². The summed E-state index contributed by atoms with van der Waals surface area (Å²) >= 11 is 0. The minimum absolute atomic E-state index is 0.0311. The Morgan fingerprint density at radius 1 is 1.03 bits per heavy atom. The van der Waals surface area contributed by atoms with E-state index >= 15 is 0 Å². The Bertz CT molecular complexity index is 696. The van der Waals surface area contributed by atoms with Crippen LogP contribution in [0.15, 0.2) is 24.3 Å². The van der Waals surface area contributed by atoms with E-state index in [0.717, 1.165) is 38.4 Å². The summed E-state index contributed by atoms with van der Waals surface area (Å²) in [4.78, 5) is 29.3. The van der Waals surface area contributed by atoms with E-state index in [0.29, 0.717) is 17.9 Å². The number of amides is 2. The Labute approximate surface area is 180 Å². The largest absolute Gasteiger partial charge is 0.484 e. The molecule has 1 aromatic rings. The van der Waals surface area contributed by atoms with Gasteiger partial charge >= 0.3 is 0 Å². The molecule has 0 saturated carbocycles. The predicted molar refractivity (Wildman–Crippen MR) is 119 cm³/mol. The molecule has 0 radical (unpaired) electrons. The van der Waals surface area contributed by atoms with Gasteiger partial charge in [-0.25, -0.2) is 0 Å². The zero-order valence-corrected chi connectivity index (χ0v) is 18.7. The molecule has 2 aliphatic rings. The van der Waals surface area contributed by atoms with Crippen LogP contribution in [0.25, 0.3) is 0 Å². The average molecular weight is 416 g/mol. The average Bonchev–Trinajstić information content (AvgIpc) is 2.72. The number of carbonyl (C=O) groups excluding carboxylic acids is 2. The highest BCUT2D eigenvalue weighted by Gasteiger charge is 2.29. The van der Waals surface area contributed by atoms with Gasteiger partial charge in [0.25, 0.3) is 11.8 Å². The van der Waals surface area contributed by atoms with Gasteiger partial charge in [-0.1, -0.05) is 6.92 Å². The molecule has 3 unspecified atom stereocenters. The van der Waals surface area contributed by atoms with Crippen LogP contribution in [0.3, 0.4) is 0 Å². The molecule has 30 heavy (non-hydrogen) atoms. The van der Waals surface area contributed by atoms with Crippen molar-refractivity contribution >= 4 is 11.8 Å². The third-order valence-electron chi connectivity index (χ3n) is 6.42. The van der Waals surface area contributed by atoms with Crippen molar-refractivity contribution in [2.45, 2.75) is 65.0 Å². The quantitative estimate of drug-likeness (QED) is 0.742. The molecule has 1 N–H and O–H groups in total. The lowest BCUT2D eigenvalue weighted by molar-refractivity contribution is -0.139. The van der Waals surface area contributed by atoms with Crippen LogP contribution in [0.2, 0.25) is 0 Å². The number of benzene rings is 1. The van der Waals surface area contributed by atoms with E-state index < -0.39 is 0 Å². The molecule has 0 aromatic heterocycles. The first kappa shape index (κ1) is 22.6. The van der Waals surface area contributed by atoms with Gasteiger partial charge < -0.3 is 19.9 Å². The van der Waals surface area contributed by atoms with E-state index in [1.54, 1.807) is 24.3 Å². The number of ether oxygens (including phenoxy) is 1. The standard InChI is InChI=1S/C24H37N3O3/c1-18-6-5-14-26(16-18)15-13-25-24(29)21-9-11-22(12-10-21)30-17-23(28)27-19(2)7-4-8-20(27)3/h9-12,18-20H,4-8,13-17H2,1-3H3,(H,25,29). The summed E-state index contributed by atoms with van der Waals surface area (Å²) in [5.74, 6) is 1.32. The Hall–Kier alpha value is -2.08. The van der Waals surface area contributed by atoms with Crippen molar-refractivity contribution in [1.82, 2.24) is 15.1 Å². The number of rotatable bonds is 7. The van der Waals surface area contributed by atoms with Gasteiger partial charge in [-0.05, 0) is 82.7 Å². The Kier molecular flexibility index (Phi) is 8.14. The second kappa shape index (κ2) is 10.8. The van der Waals surface area contributed by atoms with Crippen LogP contribution >= 0.6 is 0 Å². The van der Waals surface area contributed by atoms with E-state index in [4.69, 9.17) is 4.74 Å². The summed E-state index contributed by atoms with van der Waals surface area (Å²) in [7, 11) is 0. The van der Waals surface area contributed by atoms with Gasteiger partial charge in [0.2, 0.25) is 0 Å². The summed E-state index contributed by atoms with van der Waals surface area (Å²) in [6, 6.07) is 7.57. The van der Waals surface area contributed by atoms with Crippen molar-refractivity contribution in [3.05, 3.63) is 29.8 Å². The first-order chi connectivity index (χ1) is 14.4. The Balaban J connectivity index is 1.41. The number of nitrogens with zero attached hydrogens (tertiary/aromatic N) is 2. The van der Waals surface area contributed by atoms with Gasteiger partial charge in [0, 0.05) is 37.3 Å². The minimum atomic E-state index is -0.0707. The van der Waals surface area contributed by atoms with Crippen LogP contribution in [0.4, 0.5) is 0 Å². The lowest BCUT2D eigenvalue weighted by Crippen LogP contribution is -2.49. The molecule has 3 atom stereocenters. The molecular weight excluding hydrogens is 378 g/mol. The lowest BCUT2D eigenvalue weighted by Gasteiger charge is -2.38. The number of carbonyl (C=O) groups is 2. The lowest BCUT2D eigenvalue weighted by atomic mass is 9.97. The molecule has 6 heteroatoms. The van der Waals surface area contributed by atoms with Crippen molar-refractivity contribution in [3.8, 4) is 5.75 Å². The highest BCUT2D eigenvalue weighted by molar-refractivity contribution is 5.94. The molecule has 2 amide bonds. The van der Waals surface area contributed by atoms with Gasteiger partial charge in [0.05, 0.1) is 0 Å². The molecular formula is C24H37N3O3. The molecule has 2 fully saturated rings. The molecule has 0 spiro atoms. The van der Waals surface area contributed by atoms with Crippen LogP contribution in [-0.4, -0.2) is 66.5 Å². The molecule has 0 bridgehead atoms. The van der Waals surface area contributed by atoms with Crippen LogP contribution in [0, 0.1) is 5.92 Å². The SMILES string of the molecule is CC1CCCN(CCNC(=O)c2ccc(OCC(=O)N3C(C)CCCC3C)cc2)C1. The smallest absolute Gasteiger partial charge is 0.260 e. The minimum Gasteiger partial charge on any atom is -0.484 e.